The Morgan fingerprint density at radius 2 is 1.79 bits per heavy atom. The number of amides is 1. The van der Waals surface area contributed by atoms with Gasteiger partial charge >= 0.3 is 12.1 Å². The molecule has 150 valence electrons. The molecule has 0 saturated heterocycles. The Balaban J connectivity index is 2.06. The lowest BCUT2D eigenvalue weighted by Gasteiger charge is -2.25. The van der Waals surface area contributed by atoms with Crippen LogP contribution in [0.4, 0.5) is 10.5 Å². The predicted octanol–water partition coefficient (Wildman–Crippen LogP) is 4.94. The largest absolute Gasteiger partial charge is 0.508 e. The molecular weight excluding hydrogens is 446 g/mol. The van der Waals surface area contributed by atoms with Gasteiger partial charge in [-0.05, 0) is 48.4 Å². The van der Waals surface area contributed by atoms with E-state index in [9.17, 15) is 14.7 Å². The Morgan fingerprint density at radius 1 is 1.14 bits per heavy atom. The number of carbonyl (C=O) groups is 2. The molecule has 2 rings (SSSR count). The Labute approximate surface area is 177 Å². The molecule has 0 bridgehead atoms. The molecule has 6 nitrogen and oxygen atoms in total. The van der Waals surface area contributed by atoms with Crippen LogP contribution in [0.15, 0.2) is 53.0 Å². The van der Waals surface area contributed by atoms with Crippen LogP contribution in [0, 0.1) is 5.92 Å². The van der Waals surface area contributed by atoms with E-state index in [1.54, 1.807) is 24.3 Å². The number of anilines is 1. The second-order valence-corrected chi connectivity index (χ2v) is 7.43. The SMILES string of the molecule is C[C@@H](CCOC(=O)CS)[C@@H](OC(=O)Nc1ccc(Br)cc1)c1ccc(O)cc1. The Hall–Kier alpha value is -2.19. The van der Waals surface area contributed by atoms with Crippen LogP contribution in [0.25, 0.3) is 0 Å². The number of carbonyl (C=O) groups excluding carboxylic acids is 2. The summed E-state index contributed by atoms with van der Waals surface area (Å²) in [7, 11) is 0. The maximum absolute atomic E-state index is 12.4. The molecule has 0 radical (unpaired) electrons. The smallest absolute Gasteiger partial charge is 0.412 e. The number of rotatable bonds is 8. The normalized spacial score (nSPS) is 12.7. The van der Waals surface area contributed by atoms with Crippen molar-refractivity contribution in [2.75, 3.05) is 17.7 Å². The molecule has 2 aromatic carbocycles. The van der Waals surface area contributed by atoms with Crippen molar-refractivity contribution < 1.29 is 24.2 Å². The number of halogens is 1. The van der Waals surface area contributed by atoms with Crippen molar-refractivity contribution >= 4 is 46.3 Å². The lowest BCUT2D eigenvalue weighted by molar-refractivity contribution is -0.141. The lowest BCUT2D eigenvalue weighted by Crippen LogP contribution is -2.23. The number of ether oxygens (including phenoxy) is 2. The fourth-order valence-corrected chi connectivity index (χ4v) is 2.88. The van der Waals surface area contributed by atoms with Crippen molar-refractivity contribution in [3.63, 3.8) is 0 Å². The molecule has 0 unspecified atom stereocenters. The van der Waals surface area contributed by atoms with Gasteiger partial charge in [0.25, 0.3) is 0 Å². The number of benzene rings is 2. The number of aromatic hydroxyl groups is 1. The Morgan fingerprint density at radius 3 is 2.39 bits per heavy atom. The highest BCUT2D eigenvalue weighted by Crippen LogP contribution is 2.30. The van der Waals surface area contributed by atoms with E-state index >= 15 is 0 Å². The van der Waals surface area contributed by atoms with E-state index in [1.165, 1.54) is 12.1 Å². The van der Waals surface area contributed by atoms with Gasteiger partial charge in [-0.25, -0.2) is 4.79 Å². The lowest BCUT2D eigenvalue weighted by atomic mass is 9.94. The van der Waals surface area contributed by atoms with Gasteiger partial charge in [0.2, 0.25) is 0 Å². The first-order chi connectivity index (χ1) is 13.4. The summed E-state index contributed by atoms with van der Waals surface area (Å²) in [6, 6.07) is 13.6. The molecule has 8 heteroatoms. The van der Waals surface area contributed by atoms with Gasteiger partial charge in [0.05, 0.1) is 12.4 Å². The zero-order valence-electron chi connectivity index (χ0n) is 15.3. The van der Waals surface area contributed by atoms with Crippen molar-refractivity contribution in [3.05, 3.63) is 58.6 Å². The first-order valence-electron chi connectivity index (χ1n) is 8.67. The average molecular weight is 468 g/mol. The van der Waals surface area contributed by atoms with Gasteiger partial charge < -0.3 is 14.6 Å². The highest BCUT2D eigenvalue weighted by Gasteiger charge is 2.24. The van der Waals surface area contributed by atoms with Crippen LogP contribution >= 0.6 is 28.6 Å². The number of nitrogens with one attached hydrogen (secondary N) is 1. The van der Waals surface area contributed by atoms with E-state index < -0.39 is 18.2 Å². The number of phenols is 1. The van der Waals surface area contributed by atoms with E-state index in [0.717, 1.165) is 10.0 Å². The van der Waals surface area contributed by atoms with E-state index in [4.69, 9.17) is 9.47 Å². The molecule has 2 N–H and O–H groups in total. The summed E-state index contributed by atoms with van der Waals surface area (Å²) >= 11 is 7.21. The standard InChI is InChI=1S/C20H22BrNO5S/c1-13(10-11-26-18(24)12-28)19(14-2-8-17(23)9-3-14)27-20(25)22-16-6-4-15(21)5-7-16/h2-9,13,19,23,28H,10-12H2,1H3,(H,22,25)/t13-,19+/m0/s1. The zero-order chi connectivity index (χ0) is 20.5. The summed E-state index contributed by atoms with van der Waals surface area (Å²) in [5.74, 6) is -0.391. The van der Waals surface area contributed by atoms with Gasteiger partial charge in [0, 0.05) is 16.1 Å². The third-order valence-electron chi connectivity index (χ3n) is 4.03. The summed E-state index contributed by atoms with van der Waals surface area (Å²) in [5.41, 5.74) is 1.34. The van der Waals surface area contributed by atoms with Crippen LogP contribution in [0.3, 0.4) is 0 Å². The van der Waals surface area contributed by atoms with E-state index in [-0.39, 0.29) is 24.0 Å². The summed E-state index contributed by atoms with van der Waals surface area (Å²) in [6.07, 6.45) is -0.679. The maximum Gasteiger partial charge on any atom is 0.412 e. The first-order valence-corrected chi connectivity index (χ1v) is 10.1. The van der Waals surface area contributed by atoms with Crippen LogP contribution in [-0.4, -0.2) is 29.5 Å². The van der Waals surface area contributed by atoms with E-state index in [2.05, 4.69) is 33.9 Å². The minimum absolute atomic E-state index is 0.0157. The second kappa shape index (κ2) is 11.0. The van der Waals surface area contributed by atoms with Crippen LogP contribution in [0.5, 0.6) is 5.75 Å². The quantitative estimate of drug-likeness (QED) is 0.378. The Kier molecular flexibility index (Phi) is 8.66. The van der Waals surface area contributed by atoms with E-state index in [1.807, 2.05) is 19.1 Å². The highest BCUT2D eigenvalue weighted by molar-refractivity contribution is 9.10. The molecule has 1 amide bonds. The summed E-state index contributed by atoms with van der Waals surface area (Å²) in [6.45, 7) is 2.10. The number of esters is 1. The molecule has 0 spiro atoms. The molecule has 2 atom stereocenters. The molecule has 0 aliphatic rings. The molecular formula is C20H22BrNO5S. The Bertz CT molecular complexity index is 782. The van der Waals surface area contributed by atoms with Crippen LogP contribution in [0.1, 0.15) is 25.0 Å². The number of hydrogen-bond acceptors (Lipinski definition) is 6. The predicted molar refractivity (Wildman–Crippen MR) is 114 cm³/mol. The van der Waals surface area contributed by atoms with Gasteiger partial charge in [-0.15, -0.1) is 0 Å². The second-order valence-electron chi connectivity index (χ2n) is 6.19. The number of phenolic OH excluding ortho intramolecular Hbond substituents is 1. The molecule has 28 heavy (non-hydrogen) atoms. The van der Waals surface area contributed by atoms with Crippen molar-refractivity contribution in [2.24, 2.45) is 5.92 Å². The number of hydrogen-bond donors (Lipinski definition) is 3. The molecule has 2 aromatic rings. The fraction of sp³-hybridized carbons (Fsp3) is 0.300. The van der Waals surface area contributed by atoms with Gasteiger partial charge in [0.1, 0.15) is 11.9 Å². The topological polar surface area (TPSA) is 84.9 Å². The molecule has 0 aromatic heterocycles. The van der Waals surface area contributed by atoms with Gasteiger partial charge in [-0.2, -0.15) is 12.6 Å². The molecule has 0 aliphatic carbocycles. The summed E-state index contributed by atoms with van der Waals surface area (Å²) in [4.78, 5) is 23.6. The number of thiol groups is 1. The summed E-state index contributed by atoms with van der Waals surface area (Å²) < 4.78 is 11.6. The average Bonchev–Trinajstić information content (AvgIpc) is 2.68. The van der Waals surface area contributed by atoms with Crippen molar-refractivity contribution in [3.8, 4) is 5.75 Å². The van der Waals surface area contributed by atoms with Crippen molar-refractivity contribution in [1.82, 2.24) is 0 Å². The van der Waals surface area contributed by atoms with Crippen molar-refractivity contribution in [2.45, 2.75) is 19.4 Å². The third kappa shape index (κ3) is 7.09. The van der Waals surface area contributed by atoms with Crippen LogP contribution < -0.4 is 5.32 Å². The van der Waals surface area contributed by atoms with Crippen molar-refractivity contribution in [1.29, 1.82) is 0 Å². The highest BCUT2D eigenvalue weighted by atomic mass is 79.9. The molecule has 0 fully saturated rings. The minimum atomic E-state index is -0.598. The van der Waals surface area contributed by atoms with Gasteiger partial charge in [-0.1, -0.05) is 35.0 Å². The minimum Gasteiger partial charge on any atom is -0.508 e. The monoisotopic (exact) mass is 467 g/mol. The van der Waals surface area contributed by atoms with E-state index in [0.29, 0.717) is 12.1 Å². The van der Waals surface area contributed by atoms with Gasteiger partial charge in [0.15, 0.2) is 0 Å². The zero-order valence-corrected chi connectivity index (χ0v) is 17.8. The third-order valence-corrected chi connectivity index (χ3v) is 4.82. The molecule has 0 aliphatic heterocycles. The maximum atomic E-state index is 12.4. The van der Waals surface area contributed by atoms with Crippen LogP contribution in [-0.2, 0) is 14.3 Å². The van der Waals surface area contributed by atoms with Gasteiger partial charge in [-0.3, -0.25) is 10.1 Å². The van der Waals surface area contributed by atoms with Crippen LogP contribution in [0.2, 0.25) is 0 Å². The fourth-order valence-electron chi connectivity index (χ4n) is 2.53. The first kappa shape index (κ1) is 22.1. The molecule has 0 saturated carbocycles. The summed E-state index contributed by atoms with van der Waals surface area (Å²) in [5, 5.41) is 12.2. The molecule has 0 heterocycles.